The molecule has 152 valence electrons. The molecule has 1 atom stereocenters. The first-order valence-electron chi connectivity index (χ1n) is 7.90. The van der Waals surface area contributed by atoms with Crippen molar-refractivity contribution in [3.05, 3.63) is 91.4 Å². The van der Waals surface area contributed by atoms with Crippen molar-refractivity contribution in [3.63, 3.8) is 0 Å². The van der Waals surface area contributed by atoms with Crippen molar-refractivity contribution in [2.45, 2.75) is 4.75 Å². The predicted octanol–water partition coefficient (Wildman–Crippen LogP) is 5.89. The van der Waals surface area contributed by atoms with E-state index in [0.717, 1.165) is 6.07 Å². The van der Waals surface area contributed by atoms with Gasteiger partial charge in [0.2, 0.25) is 0 Å². The molecule has 0 amide bonds. The summed E-state index contributed by atoms with van der Waals surface area (Å²) in [5.74, 6) is -1.16. The Balaban J connectivity index is 2.71. The lowest BCUT2D eigenvalue weighted by Crippen LogP contribution is -2.39. The zero-order valence-electron chi connectivity index (χ0n) is 14.3. The lowest BCUT2D eigenvalue weighted by Gasteiger charge is -2.35. The van der Waals surface area contributed by atoms with Gasteiger partial charge in [0.05, 0.1) is 5.02 Å². The highest BCUT2D eigenvalue weighted by atomic mass is 35.5. The smallest absolute Gasteiger partial charge is 0.283 e. The van der Waals surface area contributed by atoms with E-state index < -0.39 is 31.9 Å². The van der Waals surface area contributed by atoms with Crippen LogP contribution in [0.15, 0.2) is 54.6 Å². The number of hydrogen-bond acceptors (Lipinski definition) is 4. The second kappa shape index (κ2) is 7.87. The normalized spacial score (nSPS) is 13.8. The maximum atomic E-state index is 13.0. The fraction of sp³-hybridized carbons (Fsp3) is 0.0526. The predicted molar refractivity (Wildman–Crippen MR) is 114 cm³/mol. The Kier molecular flexibility index (Phi) is 5.98. The number of para-hydroxylation sites is 1. The third-order valence-corrected chi connectivity index (χ3v) is 6.92. The first-order chi connectivity index (χ1) is 13.5. The Bertz CT molecular complexity index is 1170. The molecule has 0 fully saturated rings. The standard InChI is InChI=1S/C19H12Cl4O5S/c20-10-8-14(23)18(16(25)9-10)19(29(26,27)28,11-4-1-2-7-15(11)24)17-12(21)5-3-6-13(17)22/h1-9,24-25H,(H,26,27,28). The maximum absolute atomic E-state index is 13.0. The van der Waals surface area contributed by atoms with E-state index in [4.69, 9.17) is 46.4 Å². The first-order valence-corrected chi connectivity index (χ1v) is 10.9. The number of rotatable bonds is 4. The fourth-order valence-corrected chi connectivity index (χ4v) is 6.18. The molecule has 5 nitrogen and oxygen atoms in total. The Morgan fingerprint density at radius 2 is 1.31 bits per heavy atom. The van der Waals surface area contributed by atoms with E-state index in [1.54, 1.807) is 0 Å². The van der Waals surface area contributed by atoms with Crippen LogP contribution >= 0.6 is 46.4 Å². The van der Waals surface area contributed by atoms with Crippen LogP contribution in [-0.4, -0.2) is 23.2 Å². The van der Waals surface area contributed by atoms with Crippen LogP contribution in [0.1, 0.15) is 16.7 Å². The summed E-state index contributed by atoms with van der Waals surface area (Å²) in [4.78, 5) is 0. The zero-order chi connectivity index (χ0) is 21.6. The van der Waals surface area contributed by atoms with Gasteiger partial charge in [-0.3, -0.25) is 4.55 Å². The molecule has 29 heavy (non-hydrogen) atoms. The van der Waals surface area contributed by atoms with Gasteiger partial charge in [-0.2, -0.15) is 8.42 Å². The maximum Gasteiger partial charge on any atom is 0.283 e. The molecule has 3 aromatic carbocycles. The molecular weight excluding hydrogens is 482 g/mol. The quantitative estimate of drug-likeness (QED) is 0.311. The average molecular weight is 494 g/mol. The second-order valence-electron chi connectivity index (χ2n) is 6.05. The third kappa shape index (κ3) is 3.54. The molecule has 0 aliphatic rings. The number of hydrogen-bond donors (Lipinski definition) is 3. The van der Waals surface area contributed by atoms with E-state index in [2.05, 4.69) is 0 Å². The zero-order valence-corrected chi connectivity index (χ0v) is 18.1. The molecule has 0 radical (unpaired) electrons. The van der Waals surface area contributed by atoms with Crippen molar-refractivity contribution >= 4 is 56.5 Å². The van der Waals surface area contributed by atoms with Gasteiger partial charge in [-0.1, -0.05) is 70.7 Å². The highest BCUT2D eigenvalue weighted by molar-refractivity contribution is 7.87. The minimum atomic E-state index is -5.23. The molecule has 1 unspecified atom stereocenters. The Morgan fingerprint density at radius 3 is 1.83 bits per heavy atom. The van der Waals surface area contributed by atoms with Gasteiger partial charge in [0, 0.05) is 31.8 Å². The van der Waals surface area contributed by atoms with E-state index in [0.29, 0.717) is 0 Å². The second-order valence-corrected chi connectivity index (χ2v) is 9.27. The van der Waals surface area contributed by atoms with E-state index in [1.165, 1.54) is 48.5 Å². The van der Waals surface area contributed by atoms with Crippen molar-refractivity contribution in [3.8, 4) is 11.5 Å². The highest BCUT2D eigenvalue weighted by Crippen LogP contribution is 2.55. The number of phenolic OH excluding ortho intramolecular Hbond substituents is 2. The van der Waals surface area contributed by atoms with Gasteiger partial charge >= 0.3 is 0 Å². The van der Waals surface area contributed by atoms with Crippen LogP contribution in [0.25, 0.3) is 0 Å². The average Bonchev–Trinajstić information content (AvgIpc) is 2.58. The van der Waals surface area contributed by atoms with Crippen molar-refractivity contribution in [2.24, 2.45) is 0 Å². The van der Waals surface area contributed by atoms with Gasteiger partial charge < -0.3 is 10.2 Å². The molecule has 3 rings (SSSR count). The molecule has 10 heteroatoms. The van der Waals surface area contributed by atoms with Crippen molar-refractivity contribution < 1.29 is 23.2 Å². The van der Waals surface area contributed by atoms with Gasteiger partial charge in [-0.15, -0.1) is 0 Å². The minimum absolute atomic E-state index is 0.0167. The van der Waals surface area contributed by atoms with Crippen LogP contribution in [0, 0.1) is 0 Å². The molecule has 3 aromatic rings. The Morgan fingerprint density at radius 1 is 0.724 bits per heavy atom. The van der Waals surface area contributed by atoms with Gasteiger partial charge in [-0.05, 0) is 30.3 Å². The van der Waals surface area contributed by atoms with Gasteiger partial charge in [0.1, 0.15) is 11.5 Å². The monoisotopic (exact) mass is 492 g/mol. The van der Waals surface area contributed by atoms with Crippen LogP contribution in [0.5, 0.6) is 11.5 Å². The lowest BCUT2D eigenvalue weighted by atomic mass is 9.82. The summed E-state index contributed by atoms with van der Waals surface area (Å²) in [6.07, 6.45) is 0. The molecule has 0 aliphatic carbocycles. The van der Waals surface area contributed by atoms with Crippen LogP contribution in [0.4, 0.5) is 0 Å². The fourth-order valence-electron chi connectivity index (χ4n) is 3.31. The Hall–Kier alpha value is -1.67. The summed E-state index contributed by atoms with van der Waals surface area (Å²) in [6.45, 7) is 0. The van der Waals surface area contributed by atoms with Crippen molar-refractivity contribution in [1.82, 2.24) is 0 Å². The summed E-state index contributed by atoms with van der Waals surface area (Å²) >= 11 is 24.8. The molecule has 0 bridgehead atoms. The van der Waals surface area contributed by atoms with Gasteiger partial charge in [-0.25, -0.2) is 0 Å². The van der Waals surface area contributed by atoms with Crippen molar-refractivity contribution in [2.75, 3.05) is 0 Å². The highest BCUT2D eigenvalue weighted by Gasteiger charge is 2.54. The summed E-state index contributed by atoms with van der Waals surface area (Å²) < 4.78 is 33.9. The summed E-state index contributed by atoms with van der Waals surface area (Å²) in [6, 6.07) is 11.7. The molecule has 0 heterocycles. The third-order valence-electron chi connectivity index (χ3n) is 4.37. The lowest BCUT2D eigenvalue weighted by molar-refractivity contribution is 0.428. The summed E-state index contributed by atoms with van der Waals surface area (Å²) in [7, 11) is -5.23. The molecular formula is C19H12Cl4O5S. The number of aromatic hydroxyl groups is 2. The summed E-state index contributed by atoms with van der Waals surface area (Å²) in [5, 5.41) is 20.6. The molecule has 0 aliphatic heterocycles. The van der Waals surface area contributed by atoms with E-state index in [-0.39, 0.29) is 31.2 Å². The Labute approximate surface area is 186 Å². The summed E-state index contributed by atoms with van der Waals surface area (Å²) in [5.41, 5.74) is -1.09. The van der Waals surface area contributed by atoms with Crippen LogP contribution in [0.3, 0.4) is 0 Å². The molecule has 0 aromatic heterocycles. The van der Waals surface area contributed by atoms with Gasteiger partial charge in [0.15, 0.2) is 4.75 Å². The molecule has 0 spiro atoms. The van der Waals surface area contributed by atoms with Crippen LogP contribution in [0.2, 0.25) is 20.1 Å². The van der Waals surface area contributed by atoms with Crippen LogP contribution in [-0.2, 0) is 14.9 Å². The van der Waals surface area contributed by atoms with E-state index in [9.17, 15) is 23.2 Å². The molecule has 0 saturated heterocycles. The minimum Gasteiger partial charge on any atom is -0.508 e. The topological polar surface area (TPSA) is 94.8 Å². The van der Waals surface area contributed by atoms with Crippen molar-refractivity contribution in [1.29, 1.82) is 0 Å². The first kappa shape index (κ1) is 22.0. The number of halogens is 4. The SMILES string of the molecule is O=S(=O)(O)C(c1ccccc1O)(c1c(O)cc(Cl)cc1Cl)c1c(Cl)cccc1Cl. The molecule has 0 saturated carbocycles. The number of phenols is 2. The van der Waals surface area contributed by atoms with Crippen LogP contribution < -0.4 is 0 Å². The largest absolute Gasteiger partial charge is 0.508 e. The number of benzene rings is 3. The molecule has 3 N–H and O–H groups in total. The van der Waals surface area contributed by atoms with E-state index >= 15 is 0 Å². The van der Waals surface area contributed by atoms with Gasteiger partial charge in [0.25, 0.3) is 10.1 Å². The van der Waals surface area contributed by atoms with E-state index in [1.807, 2.05) is 0 Å².